The lowest BCUT2D eigenvalue weighted by Crippen LogP contribution is -2.41. The first-order valence-corrected chi connectivity index (χ1v) is 11.5. The van der Waals surface area contributed by atoms with Crippen LogP contribution in [0.4, 0.5) is 5.69 Å². The molecule has 0 aliphatic heterocycles. The molecule has 0 atom stereocenters. The van der Waals surface area contributed by atoms with E-state index in [1.54, 1.807) is 49.6 Å². The van der Waals surface area contributed by atoms with Gasteiger partial charge in [-0.3, -0.25) is 9.10 Å². The Morgan fingerprint density at radius 3 is 2.19 bits per heavy atom. The molecule has 8 heteroatoms. The third-order valence-corrected chi connectivity index (χ3v) is 6.48. The minimum Gasteiger partial charge on any atom is -0.493 e. The van der Waals surface area contributed by atoms with Crippen LogP contribution in [0, 0.1) is 6.92 Å². The number of aryl methyl sites for hydroxylation is 1. The second-order valence-corrected chi connectivity index (χ2v) is 8.87. The van der Waals surface area contributed by atoms with Crippen LogP contribution >= 0.6 is 0 Å². The summed E-state index contributed by atoms with van der Waals surface area (Å²) in [7, 11) is -2.37. The molecule has 168 valence electrons. The largest absolute Gasteiger partial charge is 0.493 e. The predicted octanol–water partition coefficient (Wildman–Crippen LogP) is 3.39. The van der Waals surface area contributed by atoms with Gasteiger partial charge in [0.1, 0.15) is 13.2 Å². The molecule has 0 bridgehead atoms. The Morgan fingerprint density at radius 2 is 1.53 bits per heavy atom. The molecule has 1 amide bonds. The number of sulfonamides is 1. The lowest BCUT2D eigenvalue weighted by Gasteiger charge is -2.24. The van der Waals surface area contributed by atoms with E-state index in [9.17, 15) is 13.2 Å². The lowest BCUT2D eigenvalue weighted by atomic mass is 10.2. The molecule has 0 aromatic heterocycles. The van der Waals surface area contributed by atoms with Crippen molar-refractivity contribution in [2.45, 2.75) is 11.8 Å². The van der Waals surface area contributed by atoms with Crippen LogP contribution in [0.1, 0.15) is 5.56 Å². The van der Waals surface area contributed by atoms with Crippen LogP contribution in [0.3, 0.4) is 0 Å². The molecule has 0 aliphatic rings. The van der Waals surface area contributed by atoms with Gasteiger partial charge in [-0.15, -0.1) is 0 Å². The monoisotopic (exact) mass is 454 g/mol. The average Bonchev–Trinajstić information content (AvgIpc) is 2.81. The maximum absolute atomic E-state index is 13.2. The van der Waals surface area contributed by atoms with Crippen LogP contribution in [-0.2, 0) is 14.8 Å². The number of anilines is 1. The summed E-state index contributed by atoms with van der Waals surface area (Å²) in [6.45, 7) is 1.98. The molecule has 0 aliphatic carbocycles. The molecular weight excluding hydrogens is 428 g/mol. The van der Waals surface area contributed by atoms with Crippen LogP contribution in [0.15, 0.2) is 83.8 Å². The van der Waals surface area contributed by atoms with Gasteiger partial charge < -0.3 is 14.8 Å². The highest BCUT2D eigenvalue weighted by Gasteiger charge is 2.26. The number of hydrogen-bond acceptors (Lipinski definition) is 5. The highest BCUT2D eigenvalue weighted by molar-refractivity contribution is 7.92. The van der Waals surface area contributed by atoms with Crippen molar-refractivity contribution in [3.05, 3.63) is 84.4 Å². The summed E-state index contributed by atoms with van der Waals surface area (Å²) < 4.78 is 38.5. The van der Waals surface area contributed by atoms with Crippen molar-refractivity contribution < 1.29 is 22.7 Å². The van der Waals surface area contributed by atoms with E-state index in [1.165, 1.54) is 12.1 Å². The smallest absolute Gasteiger partial charge is 0.264 e. The molecule has 32 heavy (non-hydrogen) atoms. The molecule has 0 spiro atoms. The number of amides is 1. The van der Waals surface area contributed by atoms with Crippen molar-refractivity contribution in [2.24, 2.45) is 0 Å². The molecule has 7 nitrogen and oxygen atoms in total. The summed E-state index contributed by atoms with van der Waals surface area (Å²) >= 11 is 0. The zero-order valence-corrected chi connectivity index (χ0v) is 18.8. The van der Waals surface area contributed by atoms with Crippen LogP contribution in [-0.4, -0.2) is 41.1 Å². The Hall–Kier alpha value is -3.52. The normalized spacial score (nSPS) is 10.9. The third-order valence-electron chi connectivity index (χ3n) is 4.69. The Kier molecular flexibility index (Phi) is 7.72. The summed E-state index contributed by atoms with van der Waals surface area (Å²) in [5, 5.41) is 2.71. The number of rotatable bonds is 10. The molecular formula is C24H26N2O5S. The average molecular weight is 455 g/mol. The Bertz CT molecular complexity index is 1130. The fraction of sp³-hybridized carbons (Fsp3) is 0.208. The van der Waals surface area contributed by atoms with E-state index in [1.807, 2.05) is 31.2 Å². The van der Waals surface area contributed by atoms with Gasteiger partial charge in [0.25, 0.3) is 10.0 Å². The molecule has 3 aromatic carbocycles. The van der Waals surface area contributed by atoms with Gasteiger partial charge >= 0.3 is 0 Å². The number of carbonyl (C=O) groups excluding carboxylic acids is 1. The summed E-state index contributed by atoms with van der Waals surface area (Å²) in [6, 6.07) is 22.3. The number of ether oxygens (including phenoxy) is 2. The minimum absolute atomic E-state index is 0.118. The molecule has 0 fully saturated rings. The van der Waals surface area contributed by atoms with Crippen LogP contribution in [0.25, 0.3) is 0 Å². The van der Waals surface area contributed by atoms with E-state index >= 15 is 0 Å². The van der Waals surface area contributed by atoms with Crippen LogP contribution in [0.2, 0.25) is 0 Å². The lowest BCUT2D eigenvalue weighted by molar-refractivity contribution is -0.119. The first-order chi connectivity index (χ1) is 15.4. The standard InChI is InChI=1S/C24H26N2O5S/c1-19-12-14-20(15-13-19)26(32(28,29)21-8-4-3-5-9-21)18-24(27)25-16-17-31-23-11-7-6-10-22(23)30-2/h3-15H,16-18H2,1-2H3,(H,25,27). The van der Waals surface area contributed by atoms with E-state index in [0.29, 0.717) is 17.2 Å². The first kappa shape index (κ1) is 23.1. The SMILES string of the molecule is COc1ccccc1OCCNC(=O)CN(c1ccc(C)cc1)S(=O)(=O)c1ccccc1. The van der Waals surface area contributed by atoms with Gasteiger partial charge in [0.05, 0.1) is 24.2 Å². The molecule has 3 aromatic rings. The quantitative estimate of drug-likeness (QED) is 0.475. The van der Waals surface area contributed by atoms with Gasteiger partial charge in [-0.05, 0) is 43.3 Å². The van der Waals surface area contributed by atoms with Gasteiger partial charge in [0.2, 0.25) is 5.91 Å². The van der Waals surface area contributed by atoms with E-state index in [-0.39, 0.29) is 24.6 Å². The van der Waals surface area contributed by atoms with Gasteiger partial charge in [-0.1, -0.05) is 48.0 Å². The number of methoxy groups -OCH3 is 1. The summed E-state index contributed by atoms with van der Waals surface area (Å²) in [5.74, 6) is 0.726. The van der Waals surface area contributed by atoms with E-state index < -0.39 is 15.9 Å². The second kappa shape index (κ2) is 10.7. The summed E-state index contributed by atoms with van der Waals surface area (Å²) in [6.07, 6.45) is 0. The molecule has 0 saturated heterocycles. The third kappa shape index (κ3) is 5.79. The summed E-state index contributed by atoms with van der Waals surface area (Å²) in [5.41, 5.74) is 1.41. The first-order valence-electron chi connectivity index (χ1n) is 10.1. The van der Waals surface area contributed by atoms with Gasteiger partial charge in [-0.25, -0.2) is 8.42 Å². The Balaban J connectivity index is 1.68. The highest BCUT2D eigenvalue weighted by atomic mass is 32.2. The summed E-state index contributed by atoms with van der Waals surface area (Å²) in [4.78, 5) is 12.7. The molecule has 0 radical (unpaired) electrons. The van der Waals surface area contributed by atoms with E-state index in [4.69, 9.17) is 9.47 Å². The fourth-order valence-electron chi connectivity index (χ4n) is 3.02. The molecule has 3 rings (SSSR count). The number of carbonyl (C=O) groups is 1. The fourth-order valence-corrected chi connectivity index (χ4v) is 4.46. The molecule has 0 unspecified atom stereocenters. The molecule has 0 saturated carbocycles. The Labute approximate surface area is 188 Å². The van der Waals surface area contributed by atoms with Crippen molar-refractivity contribution >= 4 is 21.6 Å². The van der Waals surface area contributed by atoms with E-state index in [0.717, 1.165) is 9.87 Å². The minimum atomic E-state index is -3.92. The second-order valence-electron chi connectivity index (χ2n) is 7.01. The van der Waals surface area contributed by atoms with Gasteiger partial charge in [0, 0.05) is 0 Å². The van der Waals surface area contributed by atoms with E-state index in [2.05, 4.69) is 5.32 Å². The highest BCUT2D eigenvalue weighted by Crippen LogP contribution is 2.26. The zero-order chi connectivity index (χ0) is 23.0. The predicted molar refractivity (Wildman–Crippen MR) is 124 cm³/mol. The van der Waals surface area contributed by atoms with Crippen molar-refractivity contribution in [1.82, 2.24) is 5.32 Å². The zero-order valence-electron chi connectivity index (χ0n) is 18.0. The maximum Gasteiger partial charge on any atom is 0.264 e. The van der Waals surface area contributed by atoms with Crippen molar-refractivity contribution in [3.8, 4) is 11.5 Å². The number of para-hydroxylation sites is 2. The number of nitrogens with zero attached hydrogens (tertiary/aromatic N) is 1. The number of hydrogen-bond donors (Lipinski definition) is 1. The number of benzene rings is 3. The number of nitrogens with one attached hydrogen (secondary N) is 1. The van der Waals surface area contributed by atoms with Gasteiger partial charge in [0.15, 0.2) is 11.5 Å². The van der Waals surface area contributed by atoms with Crippen molar-refractivity contribution in [1.29, 1.82) is 0 Å². The van der Waals surface area contributed by atoms with Crippen molar-refractivity contribution in [2.75, 3.05) is 31.1 Å². The Morgan fingerprint density at radius 1 is 0.906 bits per heavy atom. The van der Waals surface area contributed by atoms with Gasteiger partial charge in [-0.2, -0.15) is 0 Å². The van der Waals surface area contributed by atoms with Crippen LogP contribution < -0.4 is 19.1 Å². The molecule has 0 heterocycles. The maximum atomic E-state index is 13.2. The molecule has 1 N–H and O–H groups in total. The van der Waals surface area contributed by atoms with Crippen LogP contribution in [0.5, 0.6) is 11.5 Å². The topological polar surface area (TPSA) is 84.9 Å². The van der Waals surface area contributed by atoms with Crippen molar-refractivity contribution in [3.63, 3.8) is 0 Å².